The molecule has 114 valence electrons. The number of hydrogen-bond donors (Lipinski definition) is 2. The van der Waals surface area contributed by atoms with Crippen LogP contribution in [0.1, 0.15) is 12.5 Å². The van der Waals surface area contributed by atoms with Gasteiger partial charge in [-0.25, -0.2) is 0 Å². The van der Waals surface area contributed by atoms with Gasteiger partial charge >= 0.3 is 0 Å². The van der Waals surface area contributed by atoms with Crippen molar-refractivity contribution in [3.05, 3.63) is 46.4 Å². The number of rotatable bonds is 1. The molecule has 3 aromatic rings. The Morgan fingerprint density at radius 1 is 1.00 bits per heavy atom. The van der Waals surface area contributed by atoms with Gasteiger partial charge in [-0.1, -0.05) is 23.2 Å². The first-order valence-electron chi connectivity index (χ1n) is 7.42. The lowest BCUT2D eigenvalue weighted by molar-refractivity contribution is 0.0881. The molecule has 2 aromatic carbocycles. The van der Waals surface area contributed by atoms with E-state index in [1.807, 2.05) is 36.4 Å². The van der Waals surface area contributed by atoms with Crippen LogP contribution in [0.2, 0.25) is 10.0 Å². The van der Waals surface area contributed by atoms with Crippen molar-refractivity contribution in [2.45, 2.75) is 18.6 Å². The summed E-state index contributed by atoms with van der Waals surface area (Å²) in [5.74, 6) is 0. The average molecular weight is 335 g/mol. The SMILES string of the molecule is O[C@H]1CCNCC1n1c2ccc(Cl)cc2c2cc(Cl)ccc21. The van der Waals surface area contributed by atoms with Gasteiger partial charge in [-0.05, 0) is 49.4 Å². The molecule has 0 radical (unpaired) electrons. The van der Waals surface area contributed by atoms with Gasteiger partial charge in [0.05, 0.1) is 12.1 Å². The first kappa shape index (κ1) is 14.3. The monoisotopic (exact) mass is 334 g/mol. The Labute approximate surface area is 138 Å². The summed E-state index contributed by atoms with van der Waals surface area (Å²) < 4.78 is 2.22. The standard InChI is InChI=1S/C17H16Cl2N2O/c18-10-1-3-14-12(7-10)13-8-11(19)2-4-15(13)21(14)16-9-20-6-5-17(16)22/h1-4,7-8,16-17,20,22H,5-6,9H2/t16?,17-/m0/s1. The van der Waals surface area contributed by atoms with E-state index >= 15 is 0 Å². The topological polar surface area (TPSA) is 37.2 Å². The summed E-state index contributed by atoms with van der Waals surface area (Å²) in [6, 6.07) is 11.8. The minimum atomic E-state index is -0.355. The molecule has 2 N–H and O–H groups in total. The van der Waals surface area contributed by atoms with E-state index in [4.69, 9.17) is 23.2 Å². The molecule has 5 heteroatoms. The molecular weight excluding hydrogens is 319 g/mol. The van der Waals surface area contributed by atoms with Gasteiger partial charge in [0.2, 0.25) is 0 Å². The van der Waals surface area contributed by atoms with Crippen molar-refractivity contribution in [2.75, 3.05) is 13.1 Å². The maximum atomic E-state index is 10.5. The molecule has 0 aliphatic carbocycles. The van der Waals surface area contributed by atoms with E-state index in [-0.39, 0.29) is 12.1 Å². The molecule has 2 atom stereocenters. The number of nitrogens with zero attached hydrogens (tertiary/aromatic N) is 1. The summed E-state index contributed by atoms with van der Waals surface area (Å²) in [4.78, 5) is 0. The molecule has 4 rings (SSSR count). The fraction of sp³-hybridized carbons (Fsp3) is 0.294. The predicted molar refractivity (Wildman–Crippen MR) is 92.0 cm³/mol. The van der Waals surface area contributed by atoms with Gasteiger partial charge in [0.1, 0.15) is 0 Å². The summed E-state index contributed by atoms with van der Waals surface area (Å²) in [5, 5.41) is 17.4. The molecule has 0 saturated carbocycles. The van der Waals surface area contributed by atoms with E-state index in [1.165, 1.54) is 0 Å². The molecule has 0 amide bonds. The van der Waals surface area contributed by atoms with Crippen molar-refractivity contribution in [1.82, 2.24) is 9.88 Å². The number of halogens is 2. The zero-order valence-electron chi connectivity index (χ0n) is 11.9. The molecular formula is C17H16Cl2N2O. The maximum Gasteiger partial charge on any atom is 0.0772 e. The van der Waals surface area contributed by atoms with Crippen molar-refractivity contribution in [3.8, 4) is 0 Å². The second-order valence-corrected chi connectivity index (χ2v) is 6.69. The van der Waals surface area contributed by atoms with Gasteiger partial charge < -0.3 is 15.0 Å². The summed E-state index contributed by atoms with van der Waals surface area (Å²) in [6.07, 6.45) is 0.402. The number of aliphatic hydroxyl groups is 1. The minimum absolute atomic E-state index is 0.0103. The molecule has 1 unspecified atom stereocenters. The lowest BCUT2D eigenvalue weighted by Crippen LogP contribution is -2.41. The average Bonchev–Trinajstić information content (AvgIpc) is 2.81. The van der Waals surface area contributed by atoms with Crippen LogP contribution in [0.4, 0.5) is 0 Å². The third-order valence-electron chi connectivity index (χ3n) is 4.47. The largest absolute Gasteiger partial charge is 0.391 e. The summed E-state index contributed by atoms with van der Waals surface area (Å²) >= 11 is 12.4. The third-order valence-corrected chi connectivity index (χ3v) is 4.94. The molecule has 1 aliphatic heterocycles. The molecule has 0 bridgehead atoms. The number of hydrogen-bond acceptors (Lipinski definition) is 2. The van der Waals surface area contributed by atoms with E-state index in [9.17, 15) is 5.11 Å². The Balaban J connectivity index is 2.06. The summed E-state index contributed by atoms with van der Waals surface area (Å²) in [5.41, 5.74) is 2.16. The van der Waals surface area contributed by atoms with E-state index < -0.39 is 0 Å². The van der Waals surface area contributed by atoms with Crippen molar-refractivity contribution in [3.63, 3.8) is 0 Å². The van der Waals surface area contributed by atoms with Crippen molar-refractivity contribution in [1.29, 1.82) is 0 Å². The highest BCUT2D eigenvalue weighted by molar-refractivity contribution is 6.33. The van der Waals surface area contributed by atoms with Crippen LogP contribution >= 0.6 is 23.2 Å². The smallest absolute Gasteiger partial charge is 0.0772 e. The van der Waals surface area contributed by atoms with E-state index in [0.717, 1.165) is 41.3 Å². The van der Waals surface area contributed by atoms with Crippen LogP contribution in [0, 0.1) is 0 Å². The van der Waals surface area contributed by atoms with Gasteiger partial charge in [-0.15, -0.1) is 0 Å². The number of aromatic nitrogens is 1. The van der Waals surface area contributed by atoms with Crippen LogP contribution in [-0.4, -0.2) is 28.9 Å². The molecule has 22 heavy (non-hydrogen) atoms. The van der Waals surface area contributed by atoms with Crippen LogP contribution in [0.3, 0.4) is 0 Å². The lowest BCUT2D eigenvalue weighted by atomic mass is 10.0. The number of aliphatic hydroxyl groups excluding tert-OH is 1. The Hall–Kier alpha value is -1.26. The molecule has 0 spiro atoms. The minimum Gasteiger partial charge on any atom is -0.391 e. The van der Waals surface area contributed by atoms with Crippen LogP contribution in [0.15, 0.2) is 36.4 Å². The van der Waals surface area contributed by atoms with Crippen LogP contribution in [-0.2, 0) is 0 Å². The molecule has 1 fully saturated rings. The van der Waals surface area contributed by atoms with Gasteiger partial charge in [0, 0.05) is 38.4 Å². The molecule has 2 heterocycles. The van der Waals surface area contributed by atoms with Crippen molar-refractivity contribution < 1.29 is 5.11 Å². The van der Waals surface area contributed by atoms with E-state index in [2.05, 4.69) is 9.88 Å². The summed E-state index contributed by atoms with van der Waals surface area (Å²) in [6.45, 7) is 1.61. The van der Waals surface area contributed by atoms with Gasteiger partial charge in [0.25, 0.3) is 0 Å². The molecule has 1 saturated heterocycles. The number of benzene rings is 2. The second kappa shape index (κ2) is 5.43. The van der Waals surface area contributed by atoms with Gasteiger partial charge in [0.15, 0.2) is 0 Å². The first-order valence-corrected chi connectivity index (χ1v) is 8.18. The Bertz CT molecular complexity index is 799. The third kappa shape index (κ3) is 2.20. The fourth-order valence-corrected chi connectivity index (χ4v) is 3.79. The Morgan fingerprint density at radius 3 is 2.14 bits per heavy atom. The Kier molecular flexibility index (Phi) is 3.54. The fourth-order valence-electron chi connectivity index (χ4n) is 3.45. The molecule has 1 aromatic heterocycles. The second-order valence-electron chi connectivity index (χ2n) is 5.82. The van der Waals surface area contributed by atoms with E-state index in [0.29, 0.717) is 10.0 Å². The lowest BCUT2D eigenvalue weighted by Gasteiger charge is -2.31. The molecule has 3 nitrogen and oxygen atoms in total. The highest BCUT2D eigenvalue weighted by atomic mass is 35.5. The highest BCUT2D eigenvalue weighted by Crippen LogP contribution is 2.36. The van der Waals surface area contributed by atoms with Crippen LogP contribution < -0.4 is 5.32 Å². The maximum absolute atomic E-state index is 10.5. The Morgan fingerprint density at radius 2 is 1.59 bits per heavy atom. The van der Waals surface area contributed by atoms with E-state index in [1.54, 1.807) is 0 Å². The number of nitrogens with one attached hydrogen (secondary N) is 1. The first-order chi connectivity index (χ1) is 10.6. The van der Waals surface area contributed by atoms with Crippen molar-refractivity contribution >= 4 is 45.0 Å². The number of fused-ring (bicyclic) bond motifs is 3. The van der Waals surface area contributed by atoms with Gasteiger partial charge in [-0.3, -0.25) is 0 Å². The number of piperidine rings is 1. The highest BCUT2D eigenvalue weighted by Gasteiger charge is 2.27. The zero-order chi connectivity index (χ0) is 15.3. The quantitative estimate of drug-likeness (QED) is 0.705. The predicted octanol–water partition coefficient (Wildman–Crippen LogP) is 4.00. The van der Waals surface area contributed by atoms with Crippen LogP contribution in [0.25, 0.3) is 21.8 Å². The normalized spacial score (nSPS) is 22.5. The summed E-state index contributed by atoms with van der Waals surface area (Å²) in [7, 11) is 0. The van der Waals surface area contributed by atoms with Gasteiger partial charge in [-0.2, -0.15) is 0 Å². The van der Waals surface area contributed by atoms with Crippen LogP contribution in [0.5, 0.6) is 0 Å². The zero-order valence-corrected chi connectivity index (χ0v) is 13.4. The molecule has 1 aliphatic rings. The van der Waals surface area contributed by atoms with Crippen molar-refractivity contribution in [2.24, 2.45) is 0 Å².